The van der Waals surface area contributed by atoms with Crippen LogP contribution in [0.5, 0.6) is 0 Å². The van der Waals surface area contributed by atoms with Crippen LogP contribution in [-0.2, 0) is 9.47 Å². The van der Waals surface area contributed by atoms with Crippen molar-refractivity contribution in [2.75, 3.05) is 26.9 Å². The number of hydrogen-bond acceptors (Lipinski definition) is 3. The van der Waals surface area contributed by atoms with Gasteiger partial charge in [-0.3, -0.25) is 0 Å². The lowest BCUT2D eigenvalue weighted by molar-refractivity contribution is 0.0446. The lowest BCUT2D eigenvalue weighted by atomic mass is 10.2. The molecule has 3 nitrogen and oxygen atoms in total. The van der Waals surface area contributed by atoms with Crippen molar-refractivity contribution in [1.29, 1.82) is 0 Å². The summed E-state index contributed by atoms with van der Waals surface area (Å²) in [6.07, 6.45) is 6.53. The third kappa shape index (κ3) is 7.77. The Kier molecular flexibility index (Phi) is 6.98. The van der Waals surface area contributed by atoms with E-state index in [1.54, 1.807) is 7.11 Å². The quantitative estimate of drug-likeness (QED) is 0.565. The van der Waals surface area contributed by atoms with Crippen molar-refractivity contribution in [1.82, 2.24) is 5.32 Å². The molecule has 0 aromatic rings. The molecule has 1 aliphatic rings. The molecule has 0 bridgehead atoms. The van der Waals surface area contributed by atoms with Gasteiger partial charge in [0, 0.05) is 26.4 Å². The van der Waals surface area contributed by atoms with Gasteiger partial charge in [-0.2, -0.15) is 0 Å². The van der Waals surface area contributed by atoms with Gasteiger partial charge in [0.25, 0.3) is 0 Å². The molecule has 1 fully saturated rings. The fourth-order valence-corrected chi connectivity index (χ4v) is 1.55. The van der Waals surface area contributed by atoms with E-state index in [4.69, 9.17) is 9.47 Å². The molecule has 1 saturated carbocycles. The van der Waals surface area contributed by atoms with E-state index in [0.29, 0.717) is 6.10 Å². The summed E-state index contributed by atoms with van der Waals surface area (Å²) in [6.45, 7) is 4.93. The molecular weight excluding hydrogens is 190 g/mol. The summed E-state index contributed by atoms with van der Waals surface area (Å²) in [7, 11) is 1.73. The standard InChI is InChI=1S/C12H25NO2/c1-11(15-10-4-9-14-2)5-3-8-13-12-6-7-12/h11-13H,3-10H2,1-2H3. The van der Waals surface area contributed by atoms with E-state index in [2.05, 4.69) is 12.2 Å². The largest absolute Gasteiger partial charge is 0.385 e. The van der Waals surface area contributed by atoms with Crippen molar-refractivity contribution in [3.63, 3.8) is 0 Å². The Morgan fingerprint density at radius 1 is 1.27 bits per heavy atom. The molecule has 0 spiro atoms. The van der Waals surface area contributed by atoms with Crippen molar-refractivity contribution in [2.45, 2.75) is 51.2 Å². The Bertz CT molecular complexity index is 149. The third-order valence-electron chi connectivity index (χ3n) is 2.69. The number of rotatable bonds is 10. The normalized spacial score (nSPS) is 18.0. The molecule has 90 valence electrons. The smallest absolute Gasteiger partial charge is 0.0547 e. The van der Waals surface area contributed by atoms with Crippen molar-refractivity contribution < 1.29 is 9.47 Å². The highest BCUT2D eigenvalue weighted by Gasteiger charge is 2.19. The van der Waals surface area contributed by atoms with Crippen LogP contribution in [0, 0.1) is 0 Å². The fraction of sp³-hybridized carbons (Fsp3) is 1.00. The van der Waals surface area contributed by atoms with Gasteiger partial charge in [-0.1, -0.05) is 0 Å². The summed E-state index contributed by atoms with van der Waals surface area (Å²) in [5.74, 6) is 0. The second-order valence-corrected chi connectivity index (χ2v) is 4.40. The molecule has 0 radical (unpaired) electrons. The topological polar surface area (TPSA) is 30.5 Å². The summed E-state index contributed by atoms with van der Waals surface area (Å²) in [5.41, 5.74) is 0. The molecule has 0 aromatic carbocycles. The average Bonchev–Trinajstić information content (AvgIpc) is 3.03. The van der Waals surface area contributed by atoms with E-state index in [1.165, 1.54) is 19.3 Å². The van der Waals surface area contributed by atoms with Gasteiger partial charge in [0.05, 0.1) is 6.10 Å². The van der Waals surface area contributed by atoms with Crippen LogP contribution in [0.2, 0.25) is 0 Å². The van der Waals surface area contributed by atoms with Crippen molar-refractivity contribution in [3.8, 4) is 0 Å². The minimum atomic E-state index is 0.392. The van der Waals surface area contributed by atoms with E-state index in [1.807, 2.05) is 0 Å². The molecule has 1 unspecified atom stereocenters. The molecule has 0 saturated heterocycles. The van der Waals surface area contributed by atoms with Gasteiger partial charge in [-0.05, 0) is 45.6 Å². The molecule has 1 N–H and O–H groups in total. The van der Waals surface area contributed by atoms with Crippen LogP contribution in [0.1, 0.15) is 39.0 Å². The summed E-state index contributed by atoms with van der Waals surface area (Å²) < 4.78 is 10.6. The monoisotopic (exact) mass is 215 g/mol. The van der Waals surface area contributed by atoms with Crippen molar-refractivity contribution >= 4 is 0 Å². The third-order valence-corrected chi connectivity index (χ3v) is 2.69. The first-order valence-corrected chi connectivity index (χ1v) is 6.17. The first kappa shape index (κ1) is 12.9. The van der Waals surface area contributed by atoms with Crippen molar-refractivity contribution in [3.05, 3.63) is 0 Å². The van der Waals surface area contributed by atoms with Crippen LogP contribution < -0.4 is 5.32 Å². The minimum absolute atomic E-state index is 0.392. The van der Waals surface area contributed by atoms with E-state index in [-0.39, 0.29) is 0 Å². The average molecular weight is 215 g/mol. The number of methoxy groups -OCH3 is 1. The molecule has 0 heterocycles. The SMILES string of the molecule is COCCCOC(C)CCCNC1CC1. The summed E-state index contributed by atoms with van der Waals surface area (Å²) in [5, 5.41) is 3.51. The second kappa shape index (κ2) is 8.08. The maximum absolute atomic E-state index is 5.66. The second-order valence-electron chi connectivity index (χ2n) is 4.40. The molecule has 1 atom stereocenters. The van der Waals surface area contributed by atoms with Crippen LogP contribution in [0.25, 0.3) is 0 Å². The molecule has 1 aliphatic carbocycles. The fourth-order valence-electron chi connectivity index (χ4n) is 1.55. The zero-order chi connectivity index (χ0) is 10.9. The van der Waals surface area contributed by atoms with Crippen LogP contribution in [-0.4, -0.2) is 39.0 Å². The Labute approximate surface area is 93.5 Å². The van der Waals surface area contributed by atoms with Gasteiger partial charge in [0.1, 0.15) is 0 Å². The molecule has 0 aromatic heterocycles. The van der Waals surface area contributed by atoms with Crippen LogP contribution in [0.4, 0.5) is 0 Å². The Balaban J connectivity index is 1.77. The first-order valence-electron chi connectivity index (χ1n) is 6.17. The van der Waals surface area contributed by atoms with E-state index >= 15 is 0 Å². The Morgan fingerprint density at radius 2 is 2.07 bits per heavy atom. The van der Waals surface area contributed by atoms with Gasteiger partial charge in [0.2, 0.25) is 0 Å². The first-order chi connectivity index (χ1) is 7.33. The lowest BCUT2D eigenvalue weighted by Crippen LogP contribution is -2.19. The molecule has 3 heteroatoms. The van der Waals surface area contributed by atoms with Gasteiger partial charge < -0.3 is 14.8 Å². The molecule has 0 amide bonds. The molecular formula is C12H25NO2. The number of nitrogens with one attached hydrogen (secondary N) is 1. The van der Waals surface area contributed by atoms with Gasteiger partial charge in [-0.15, -0.1) is 0 Å². The molecule has 1 rings (SSSR count). The number of ether oxygens (including phenoxy) is 2. The lowest BCUT2D eigenvalue weighted by Gasteiger charge is -2.12. The Hall–Kier alpha value is -0.120. The predicted molar refractivity (Wildman–Crippen MR) is 62.2 cm³/mol. The van der Waals surface area contributed by atoms with E-state index in [0.717, 1.165) is 38.6 Å². The predicted octanol–water partition coefficient (Wildman–Crippen LogP) is 1.96. The van der Waals surface area contributed by atoms with Gasteiger partial charge in [-0.25, -0.2) is 0 Å². The summed E-state index contributed by atoms with van der Waals surface area (Å²) in [6, 6.07) is 0.836. The van der Waals surface area contributed by atoms with Crippen LogP contribution >= 0.6 is 0 Å². The highest BCUT2D eigenvalue weighted by atomic mass is 16.5. The van der Waals surface area contributed by atoms with E-state index < -0.39 is 0 Å². The highest BCUT2D eigenvalue weighted by Crippen LogP contribution is 2.18. The van der Waals surface area contributed by atoms with E-state index in [9.17, 15) is 0 Å². The van der Waals surface area contributed by atoms with Gasteiger partial charge >= 0.3 is 0 Å². The maximum Gasteiger partial charge on any atom is 0.0547 e. The van der Waals surface area contributed by atoms with Gasteiger partial charge in [0.15, 0.2) is 0 Å². The molecule has 15 heavy (non-hydrogen) atoms. The van der Waals surface area contributed by atoms with Crippen LogP contribution in [0.3, 0.4) is 0 Å². The molecule has 0 aliphatic heterocycles. The zero-order valence-corrected chi connectivity index (χ0v) is 10.1. The summed E-state index contributed by atoms with van der Waals surface area (Å²) >= 11 is 0. The Morgan fingerprint density at radius 3 is 2.73 bits per heavy atom. The van der Waals surface area contributed by atoms with Crippen LogP contribution in [0.15, 0.2) is 0 Å². The minimum Gasteiger partial charge on any atom is -0.385 e. The highest BCUT2D eigenvalue weighted by molar-refractivity contribution is 4.80. The zero-order valence-electron chi connectivity index (χ0n) is 10.1. The summed E-state index contributed by atoms with van der Waals surface area (Å²) in [4.78, 5) is 0. The number of hydrogen-bond donors (Lipinski definition) is 1. The maximum atomic E-state index is 5.66. The van der Waals surface area contributed by atoms with Crippen molar-refractivity contribution in [2.24, 2.45) is 0 Å².